The zero-order valence-electron chi connectivity index (χ0n) is 20.0. The van der Waals surface area contributed by atoms with Crippen molar-refractivity contribution >= 4 is 23.6 Å². The van der Waals surface area contributed by atoms with E-state index in [1.54, 1.807) is 4.90 Å². The average Bonchev–Trinajstić information content (AvgIpc) is 3.48. The third-order valence-electron chi connectivity index (χ3n) is 6.45. The first-order valence-electron chi connectivity index (χ1n) is 11.2. The summed E-state index contributed by atoms with van der Waals surface area (Å²) in [4.78, 5) is 32.2. The third-order valence-corrected chi connectivity index (χ3v) is 6.45. The number of carbonyl (C=O) groups excluding carboxylic acids is 2. The smallest absolute Gasteiger partial charge is 0.416 e. The maximum absolute atomic E-state index is 13.5. The number of benzene rings is 2. The molecule has 2 aliphatic heterocycles. The van der Waals surface area contributed by atoms with Crippen molar-refractivity contribution in [3.05, 3.63) is 65.0 Å². The van der Waals surface area contributed by atoms with Gasteiger partial charge >= 0.3 is 18.4 Å². The first-order valence-corrected chi connectivity index (χ1v) is 11.2. The van der Waals surface area contributed by atoms with Gasteiger partial charge in [-0.05, 0) is 35.9 Å². The van der Waals surface area contributed by atoms with Crippen LogP contribution < -0.4 is 4.90 Å². The molecule has 204 valence electrons. The van der Waals surface area contributed by atoms with Gasteiger partial charge in [-0.3, -0.25) is 9.69 Å². The lowest BCUT2D eigenvalue weighted by atomic mass is 9.93. The molecule has 3 amide bonds. The summed E-state index contributed by atoms with van der Waals surface area (Å²) in [7, 11) is 2.42. The van der Waals surface area contributed by atoms with Crippen LogP contribution >= 0.6 is 0 Å². The number of likely N-dealkylation sites (N-methyl/N-ethyl adjacent to an activating group) is 1. The Labute approximate surface area is 212 Å². The molecule has 0 bridgehead atoms. The largest absolute Gasteiger partial charge is 0.455 e. The lowest BCUT2D eigenvalue weighted by Gasteiger charge is -2.33. The minimum absolute atomic E-state index is 0.0193. The number of urea groups is 1. The van der Waals surface area contributed by atoms with Crippen LogP contribution in [0.4, 0.5) is 41.2 Å². The van der Waals surface area contributed by atoms with E-state index in [4.69, 9.17) is 4.74 Å². The Kier molecular flexibility index (Phi) is 7.01. The zero-order chi connectivity index (χ0) is 28.0. The Balaban J connectivity index is 1.66. The Bertz CT molecular complexity index is 1230. The van der Waals surface area contributed by atoms with Crippen LogP contribution in [0.25, 0.3) is 0 Å². The van der Waals surface area contributed by atoms with Crippen molar-refractivity contribution in [3.8, 4) is 0 Å². The lowest BCUT2D eigenvalue weighted by molar-refractivity contribution is -0.143. The first kappa shape index (κ1) is 27.2. The van der Waals surface area contributed by atoms with Gasteiger partial charge in [0.1, 0.15) is 5.82 Å². The number of halogens is 7. The number of ether oxygens (including phenoxy) is 1. The van der Waals surface area contributed by atoms with Crippen LogP contribution in [0.15, 0.2) is 47.5 Å². The normalized spacial score (nSPS) is 19.9. The van der Waals surface area contributed by atoms with Crippen LogP contribution in [0.2, 0.25) is 0 Å². The van der Waals surface area contributed by atoms with E-state index < -0.39 is 58.9 Å². The first-order chi connectivity index (χ1) is 17.6. The highest BCUT2D eigenvalue weighted by atomic mass is 19.4. The van der Waals surface area contributed by atoms with Crippen molar-refractivity contribution in [2.45, 2.75) is 24.3 Å². The zero-order valence-corrected chi connectivity index (χ0v) is 20.0. The Morgan fingerprint density at radius 3 is 2.05 bits per heavy atom. The van der Waals surface area contributed by atoms with Gasteiger partial charge in [0, 0.05) is 38.8 Å². The molecule has 7 nitrogen and oxygen atoms in total. The van der Waals surface area contributed by atoms with Crippen LogP contribution in [0.3, 0.4) is 0 Å². The van der Waals surface area contributed by atoms with Gasteiger partial charge in [0.25, 0.3) is 11.9 Å². The second-order valence-corrected chi connectivity index (χ2v) is 8.92. The van der Waals surface area contributed by atoms with Gasteiger partial charge in [0.15, 0.2) is 6.61 Å². The molecule has 0 saturated carbocycles. The minimum Gasteiger partial charge on any atom is -0.455 e. The number of anilines is 1. The van der Waals surface area contributed by atoms with Gasteiger partial charge in [-0.15, -0.1) is 0 Å². The maximum Gasteiger partial charge on any atom is 0.416 e. The fraction of sp³-hybridized carbons (Fsp3) is 0.375. The van der Waals surface area contributed by atoms with E-state index in [-0.39, 0.29) is 31.8 Å². The summed E-state index contributed by atoms with van der Waals surface area (Å²) < 4.78 is 98.8. The van der Waals surface area contributed by atoms with Crippen LogP contribution in [-0.4, -0.2) is 67.6 Å². The summed E-state index contributed by atoms with van der Waals surface area (Å²) in [6.45, 7) is 0.0263. The van der Waals surface area contributed by atoms with Crippen molar-refractivity contribution in [2.24, 2.45) is 4.99 Å². The number of alkyl halides is 6. The predicted molar refractivity (Wildman–Crippen MR) is 121 cm³/mol. The summed E-state index contributed by atoms with van der Waals surface area (Å²) >= 11 is 0. The highest BCUT2D eigenvalue weighted by molar-refractivity contribution is 5.96. The van der Waals surface area contributed by atoms with Crippen LogP contribution in [-0.2, 0) is 21.9 Å². The van der Waals surface area contributed by atoms with Crippen LogP contribution in [0, 0.1) is 5.82 Å². The van der Waals surface area contributed by atoms with Gasteiger partial charge < -0.3 is 14.5 Å². The van der Waals surface area contributed by atoms with Gasteiger partial charge in [-0.2, -0.15) is 31.3 Å². The van der Waals surface area contributed by atoms with Gasteiger partial charge in [-0.1, -0.05) is 12.1 Å². The fourth-order valence-electron chi connectivity index (χ4n) is 4.45. The monoisotopic (exact) mass is 546 g/mol. The summed E-state index contributed by atoms with van der Waals surface area (Å²) in [5.41, 5.74) is -3.10. The summed E-state index contributed by atoms with van der Waals surface area (Å²) in [6.07, 6.45) is -10.2. The summed E-state index contributed by atoms with van der Waals surface area (Å²) in [5.74, 6) is -1.48. The number of aliphatic imine (C=N–C) groups is 1. The Morgan fingerprint density at radius 2 is 1.55 bits per heavy atom. The maximum atomic E-state index is 13.5. The molecule has 14 heteroatoms. The third kappa shape index (κ3) is 5.53. The minimum atomic E-state index is -5.08. The standard InChI is InChI=1S/C24H21F7N4O3/c1-33(17-8-14(23(26,27)28)7-15(9-17)24(29,30)31)22(37)34(2)19-11-35(21-32-20(36)12-38-21)10-18(19)13-3-5-16(25)6-4-13/h3-9,18-19H,10-12H2,1-2H3/t18-,19+/m0/s1. The van der Waals surface area contributed by atoms with Crippen LogP contribution in [0.5, 0.6) is 0 Å². The number of nitrogens with zero attached hydrogens (tertiary/aromatic N) is 4. The van der Waals surface area contributed by atoms with Crippen molar-refractivity contribution in [1.29, 1.82) is 0 Å². The summed E-state index contributed by atoms with van der Waals surface area (Å²) in [6, 6.07) is 4.81. The molecule has 0 aliphatic carbocycles. The fourth-order valence-corrected chi connectivity index (χ4v) is 4.45. The number of rotatable bonds is 3. The molecule has 2 atom stereocenters. The van der Waals surface area contributed by atoms with Crippen molar-refractivity contribution in [3.63, 3.8) is 0 Å². The number of amides is 3. The highest BCUT2D eigenvalue weighted by Crippen LogP contribution is 2.39. The Morgan fingerprint density at radius 1 is 0.974 bits per heavy atom. The Hall–Kier alpha value is -3.84. The molecule has 2 aromatic rings. The highest BCUT2D eigenvalue weighted by Gasteiger charge is 2.42. The average molecular weight is 546 g/mol. The number of carbonyl (C=O) groups is 2. The van der Waals surface area contributed by atoms with Gasteiger partial charge in [0.2, 0.25) is 0 Å². The van der Waals surface area contributed by atoms with E-state index in [2.05, 4.69) is 4.99 Å². The quantitative estimate of drug-likeness (QED) is 0.523. The molecule has 38 heavy (non-hydrogen) atoms. The van der Waals surface area contributed by atoms with Crippen LogP contribution in [0.1, 0.15) is 22.6 Å². The van der Waals surface area contributed by atoms with Crippen molar-refractivity contribution in [2.75, 3.05) is 38.7 Å². The molecule has 2 aromatic carbocycles. The van der Waals surface area contributed by atoms with Crippen molar-refractivity contribution in [1.82, 2.24) is 9.80 Å². The molecule has 0 spiro atoms. The van der Waals surface area contributed by atoms with E-state index in [0.717, 1.165) is 7.05 Å². The molecule has 1 fully saturated rings. The molecule has 0 N–H and O–H groups in total. The summed E-state index contributed by atoms with van der Waals surface area (Å²) in [5, 5.41) is 0. The molecular formula is C24H21F7N4O3. The SMILES string of the molecule is CN(C(=O)N(C)[C@@H]1CN(C2=NC(=O)CO2)C[C@H]1c1ccc(F)cc1)c1cc(C(F)(F)F)cc(C(F)(F)F)c1. The molecular weight excluding hydrogens is 525 g/mol. The molecule has 0 aromatic heterocycles. The van der Waals surface area contributed by atoms with E-state index >= 15 is 0 Å². The predicted octanol–water partition coefficient (Wildman–Crippen LogP) is 4.73. The molecule has 1 saturated heterocycles. The van der Waals surface area contributed by atoms with E-state index in [9.17, 15) is 40.3 Å². The molecule has 0 radical (unpaired) electrons. The molecule has 2 aliphatic rings. The number of likely N-dealkylation sites (tertiary alicyclic amines) is 1. The van der Waals surface area contributed by atoms with E-state index in [1.807, 2.05) is 0 Å². The number of hydrogen-bond donors (Lipinski definition) is 0. The van der Waals surface area contributed by atoms with Gasteiger partial charge in [0.05, 0.1) is 17.2 Å². The number of amidine groups is 1. The van der Waals surface area contributed by atoms with E-state index in [0.29, 0.717) is 22.6 Å². The lowest BCUT2D eigenvalue weighted by Crippen LogP contribution is -2.47. The molecule has 2 heterocycles. The molecule has 4 rings (SSSR count). The molecule has 0 unspecified atom stereocenters. The van der Waals surface area contributed by atoms with Crippen molar-refractivity contribution < 1.29 is 45.1 Å². The van der Waals surface area contributed by atoms with Gasteiger partial charge in [-0.25, -0.2) is 9.18 Å². The second kappa shape index (κ2) is 9.80. The second-order valence-electron chi connectivity index (χ2n) is 8.92. The number of hydrogen-bond acceptors (Lipinski definition) is 4. The topological polar surface area (TPSA) is 65.5 Å². The van der Waals surface area contributed by atoms with E-state index in [1.165, 1.54) is 36.2 Å².